The lowest BCUT2D eigenvalue weighted by atomic mass is 9.96. The third-order valence-electron chi connectivity index (χ3n) is 3.83. The molecule has 5 heteroatoms. The molecule has 1 atom stereocenters. The van der Waals surface area contributed by atoms with Gasteiger partial charge in [-0.1, -0.05) is 13.5 Å². The fraction of sp³-hybridized carbons (Fsp3) is 0.765. The number of aliphatic imine (C=N–C) groups is 2. The van der Waals surface area contributed by atoms with Crippen molar-refractivity contribution in [2.45, 2.75) is 45.4 Å². The highest BCUT2D eigenvalue weighted by Crippen LogP contribution is 2.22. The maximum absolute atomic E-state index is 5.67. The Hall–Kier alpha value is -1.52. The summed E-state index contributed by atoms with van der Waals surface area (Å²) in [7, 11) is 0. The van der Waals surface area contributed by atoms with Gasteiger partial charge in [0, 0.05) is 18.8 Å². The van der Waals surface area contributed by atoms with E-state index in [9.17, 15) is 0 Å². The molecular weight excluding hydrogens is 280 g/mol. The summed E-state index contributed by atoms with van der Waals surface area (Å²) in [6.07, 6.45) is 5.87. The van der Waals surface area contributed by atoms with Crippen molar-refractivity contribution in [3.63, 3.8) is 0 Å². The van der Waals surface area contributed by atoms with Crippen LogP contribution in [0.4, 0.5) is 0 Å². The molecule has 0 aromatic heterocycles. The molecule has 0 fully saturated rings. The first-order chi connectivity index (χ1) is 10.8. The molecule has 2 aliphatic heterocycles. The second-order valence-corrected chi connectivity index (χ2v) is 5.71. The van der Waals surface area contributed by atoms with Crippen molar-refractivity contribution in [1.29, 1.82) is 0 Å². The van der Waals surface area contributed by atoms with Crippen LogP contribution in [0.2, 0.25) is 0 Å². The van der Waals surface area contributed by atoms with Crippen LogP contribution in [0, 0.1) is 5.92 Å². The van der Waals surface area contributed by atoms with Gasteiger partial charge in [0.1, 0.15) is 13.2 Å². The lowest BCUT2D eigenvalue weighted by Gasteiger charge is -2.17. The van der Waals surface area contributed by atoms with Gasteiger partial charge in [-0.05, 0) is 25.7 Å². The Bertz CT molecular complexity index is 418. The molecule has 1 unspecified atom stereocenters. The number of hydrogen-bond donors (Lipinski definition) is 0. The molecule has 5 nitrogen and oxygen atoms in total. The zero-order chi connectivity index (χ0) is 15.6. The van der Waals surface area contributed by atoms with E-state index < -0.39 is 0 Å². The Labute approximate surface area is 133 Å². The number of rotatable bonds is 11. The van der Waals surface area contributed by atoms with E-state index in [4.69, 9.17) is 14.2 Å². The van der Waals surface area contributed by atoms with Crippen LogP contribution in [0.15, 0.2) is 22.3 Å². The molecule has 0 aromatic rings. The van der Waals surface area contributed by atoms with Crippen LogP contribution >= 0.6 is 0 Å². The predicted octanol–water partition coefficient (Wildman–Crippen LogP) is 3.35. The summed E-state index contributed by atoms with van der Waals surface area (Å²) in [5.41, 5.74) is 0. The third-order valence-corrected chi connectivity index (χ3v) is 3.83. The fourth-order valence-corrected chi connectivity index (χ4v) is 2.68. The van der Waals surface area contributed by atoms with Gasteiger partial charge in [-0.3, -0.25) is 9.98 Å². The number of hydrogen-bond acceptors (Lipinski definition) is 5. The van der Waals surface area contributed by atoms with Crippen LogP contribution in [-0.4, -0.2) is 44.7 Å². The van der Waals surface area contributed by atoms with Crippen molar-refractivity contribution in [3.8, 4) is 0 Å². The third kappa shape index (κ3) is 5.70. The van der Waals surface area contributed by atoms with Gasteiger partial charge in [0.15, 0.2) is 11.8 Å². The Balaban J connectivity index is 1.73. The molecule has 0 saturated carbocycles. The van der Waals surface area contributed by atoms with Crippen molar-refractivity contribution in [1.82, 2.24) is 0 Å². The smallest absolute Gasteiger partial charge is 0.186 e. The summed E-state index contributed by atoms with van der Waals surface area (Å²) < 4.78 is 16.7. The Morgan fingerprint density at radius 3 is 2.73 bits per heavy atom. The zero-order valence-electron chi connectivity index (χ0n) is 13.7. The molecule has 0 N–H and O–H groups in total. The summed E-state index contributed by atoms with van der Waals surface area (Å²) in [6, 6.07) is 0. The van der Waals surface area contributed by atoms with Crippen molar-refractivity contribution < 1.29 is 14.2 Å². The maximum atomic E-state index is 5.67. The van der Waals surface area contributed by atoms with Gasteiger partial charge in [0.2, 0.25) is 0 Å². The minimum Gasteiger partial charge on any atom is -0.499 e. The van der Waals surface area contributed by atoms with Gasteiger partial charge in [-0.15, -0.1) is 0 Å². The molecule has 0 aromatic carbocycles. The van der Waals surface area contributed by atoms with E-state index >= 15 is 0 Å². The molecule has 2 heterocycles. The van der Waals surface area contributed by atoms with Crippen LogP contribution < -0.4 is 0 Å². The quantitative estimate of drug-likeness (QED) is 0.550. The Morgan fingerprint density at radius 1 is 1.23 bits per heavy atom. The first-order valence-electron chi connectivity index (χ1n) is 8.43. The highest BCUT2D eigenvalue weighted by Gasteiger charge is 2.22. The fourth-order valence-electron chi connectivity index (χ4n) is 2.68. The molecule has 2 aliphatic rings. The van der Waals surface area contributed by atoms with Crippen LogP contribution in [-0.2, 0) is 14.2 Å². The second kappa shape index (κ2) is 9.49. The van der Waals surface area contributed by atoms with E-state index in [1.54, 1.807) is 0 Å². The second-order valence-electron chi connectivity index (χ2n) is 5.71. The summed E-state index contributed by atoms with van der Waals surface area (Å²) in [4.78, 5) is 8.84. The van der Waals surface area contributed by atoms with Crippen LogP contribution in [0.25, 0.3) is 0 Å². The monoisotopic (exact) mass is 308 g/mol. The van der Waals surface area contributed by atoms with Gasteiger partial charge in [0.25, 0.3) is 0 Å². The summed E-state index contributed by atoms with van der Waals surface area (Å²) in [6.45, 7) is 9.87. The highest BCUT2D eigenvalue weighted by molar-refractivity contribution is 5.81. The largest absolute Gasteiger partial charge is 0.499 e. The van der Waals surface area contributed by atoms with Crippen molar-refractivity contribution in [3.05, 3.63) is 12.3 Å². The molecule has 0 spiro atoms. The average Bonchev–Trinajstić information content (AvgIpc) is 3.21. The molecule has 0 saturated heterocycles. The first kappa shape index (κ1) is 16.8. The molecule has 0 amide bonds. The average molecular weight is 308 g/mol. The summed E-state index contributed by atoms with van der Waals surface area (Å²) in [5, 5.41) is 0. The van der Waals surface area contributed by atoms with Crippen LogP contribution in [0.1, 0.15) is 45.4 Å². The maximum Gasteiger partial charge on any atom is 0.186 e. The van der Waals surface area contributed by atoms with E-state index in [2.05, 4.69) is 23.5 Å². The van der Waals surface area contributed by atoms with Crippen molar-refractivity contribution >= 4 is 11.8 Å². The van der Waals surface area contributed by atoms with Gasteiger partial charge in [-0.25, -0.2) is 0 Å². The number of allylic oxidation sites excluding steroid dienone is 1. The molecule has 124 valence electrons. The van der Waals surface area contributed by atoms with E-state index in [0.29, 0.717) is 5.92 Å². The lowest BCUT2D eigenvalue weighted by Crippen LogP contribution is -2.17. The number of ether oxygens (including phenoxy) is 3. The van der Waals surface area contributed by atoms with Gasteiger partial charge in [-0.2, -0.15) is 0 Å². The molecule has 0 bridgehead atoms. The predicted molar refractivity (Wildman–Crippen MR) is 88.5 cm³/mol. The highest BCUT2D eigenvalue weighted by atomic mass is 16.5. The van der Waals surface area contributed by atoms with Gasteiger partial charge >= 0.3 is 0 Å². The Morgan fingerprint density at radius 2 is 2.05 bits per heavy atom. The lowest BCUT2D eigenvalue weighted by molar-refractivity contribution is 0.201. The normalized spacial score (nSPS) is 18.2. The van der Waals surface area contributed by atoms with Crippen molar-refractivity contribution in [2.24, 2.45) is 15.9 Å². The molecular formula is C17H28N2O3. The molecule has 0 radical (unpaired) electrons. The standard InChI is InChI=1S/C17H28N2O3/c1-3-11-20-14(2)5-4-6-15(17-19-10-13-22-17)7-8-16-18-9-12-21-16/h15H,2-13H2,1H3. The van der Waals surface area contributed by atoms with Crippen molar-refractivity contribution in [2.75, 3.05) is 32.9 Å². The van der Waals surface area contributed by atoms with Crippen LogP contribution in [0.5, 0.6) is 0 Å². The van der Waals surface area contributed by atoms with E-state index in [1.165, 1.54) is 0 Å². The van der Waals surface area contributed by atoms with E-state index in [1.807, 2.05) is 0 Å². The molecule has 2 rings (SSSR count). The topological polar surface area (TPSA) is 52.4 Å². The SMILES string of the molecule is C=C(CCCC(CCC1=NCCO1)C1=NCCO1)OCCC. The summed E-state index contributed by atoms with van der Waals surface area (Å²) in [5.74, 6) is 3.05. The Kier molecular flexibility index (Phi) is 7.26. The van der Waals surface area contributed by atoms with E-state index in [0.717, 1.165) is 89.0 Å². The molecule has 22 heavy (non-hydrogen) atoms. The van der Waals surface area contributed by atoms with Gasteiger partial charge in [0.05, 0.1) is 25.5 Å². The van der Waals surface area contributed by atoms with Crippen LogP contribution in [0.3, 0.4) is 0 Å². The number of nitrogens with zero attached hydrogens (tertiary/aromatic N) is 2. The van der Waals surface area contributed by atoms with Gasteiger partial charge < -0.3 is 14.2 Å². The van der Waals surface area contributed by atoms with E-state index in [-0.39, 0.29) is 0 Å². The minimum atomic E-state index is 0.355. The molecule has 0 aliphatic carbocycles. The zero-order valence-corrected chi connectivity index (χ0v) is 13.7. The first-order valence-corrected chi connectivity index (χ1v) is 8.43. The minimum absolute atomic E-state index is 0.355. The summed E-state index contributed by atoms with van der Waals surface area (Å²) >= 11 is 0.